The number of aryl methyl sites for hydroxylation is 1. The van der Waals surface area contributed by atoms with Crippen molar-refractivity contribution < 1.29 is 9.53 Å². The summed E-state index contributed by atoms with van der Waals surface area (Å²) in [5.74, 6) is 0.705. The van der Waals surface area contributed by atoms with Gasteiger partial charge < -0.3 is 15.0 Å². The van der Waals surface area contributed by atoms with Crippen molar-refractivity contribution in [2.45, 2.75) is 43.7 Å². The maximum Gasteiger partial charge on any atom is 0.322 e. The summed E-state index contributed by atoms with van der Waals surface area (Å²) in [5, 5.41) is 3.32. The van der Waals surface area contributed by atoms with Gasteiger partial charge >= 0.3 is 6.03 Å². The Morgan fingerprint density at radius 3 is 2.52 bits per heavy atom. The molecule has 4 heterocycles. The molecule has 178 valence electrons. The molecule has 10 heteroatoms. The second-order valence-corrected chi connectivity index (χ2v) is 11.3. The molecule has 5 rings (SSSR count). The smallest absolute Gasteiger partial charge is 0.322 e. The van der Waals surface area contributed by atoms with Crippen LogP contribution >= 0.6 is 22.9 Å². The lowest BCUT2D eigenvalue weighted by Gasteiger charge is -2.47. The highest BCUT2D eigenvalue weighted by atomic mass is 35.5. The summed E-state index contributed by atoms with van der Waals surface area (Å²) < 4.78 is 6.25. The highest BCUT2D eigenvalue weighted by Gasteiger charge is 2.51. The van der Waals surface area contributed by atoms with Crippen LogP contribution in [-0.2, 0) is 10.3 Å². The molecule has 3 fully saturated rings. The molecule has 0 atom stereocenters. The van der Waals surface area contributed by atoms with Crippen LogP contribution in [0.4, 0.5) is 16.4 Å². The Morgan fingerprint density at radius 1 is 1.18 bits per heavy atom. The van der Waals surface area contributed by atoms with Crippen molar-refractivity contribution in [2.24, 2.45) is 0 Å². The molecule has 8 nitrogen and oxygen atoms in total. The van der Waals surface area contributed by atoms with Gasteiger partial charge in [-0.15, -0.1) is 11.3 Å². The van der Waals surface area contributed by atoms with Crippen LogP contribution in [0.5, 0.6) is 0 Å². The number of carbonyl (C=O) groups excluding carboxylic acids is 1. The number of rotatable bonds is 4. The molecule has 0 unspecified atom stereocenters. The van der Waals surface area contributed by atoms with E-state index in [4.69, 9.17) is 21.3 Å². The van der Waals surface area contributed by atoms with Gasteiger partial charge in [-0.1, -0.05) is 11.6 Å². The topological polar surface area (TPSA) is 73.8 Å². The average molecular weight is 491 g/mol. The van der Waals surface area contributed by atoms with E-state index in [1.807, 2.05) is 17.9 Å². The molecule has 2 aliphatic heterocycles. The van der Waals surface area contributed by atoms with Gasteiger partial charge in [0, 0.05) is 18.0 Å². The summed E-state index contributed by atoms with van der Waals surface area (Å²) in [7, 11) is 4.28. The van der Waals surface area contributed by atoms with Gasteiger partial charge in [0.05, 0.1) is 52.8 Å². The number of hydrogen-bond acceptors (Lipinski definition) is 7. The molecule has 2 aromatic rings. The van der Waals surface area contributed by atoms with Gasteiger partial charge in [0.1, 0.15) is 0 Å². The molecule has 0 aromatic carbocycles. The number of halogens is 1. The van der Waals surface area contributed by atoms with Gasteiger partial charge in [0.25, 0.3) is 0 Å². The molecule has 2 aromatic heterocycles. The van der Waals surface area contributed by atoms with Crippen LogP contribution in [0.15, 0.2) is 18.3 Å². The number of anilines is 2. The van der Waals surface area contributed by atoms with Crippen LogP contribution in [0.2, 0.25) is 4.34 Å². The third-order valence-electron chi connectivity index (χ3n) is 7.53. The number of nitrogens with one attached hydrogen (secondary N) is 1. The molecule has 3 aliphatic rings. The van der Waals surface area contributed by atoms with E-state index in [-0.39, 0.29) is 17.1 Å². The number of aromatic nitrogens is 2. The van der Waals surface area contributed by atoms with Gasteiger partial charge in [-0.25, -0.2) is 14.8 Å². The Labute approximate surface area is 203 Å². The third kappa shape index (κ3) is 4.09. The monoisotopic (exact) mass is 490 g/mol. The highest BCUT2D eigenvalue weighted by molar-refractivity contribution is 7.16. The summed E-state index contributed by atoms with van der Waals surface area (Å²) in [6.07, 6.45) is 5.56. The van der Waals surface area contributed by atoms with E-state index in [0.29, 0.717) is 25.7 Å². The normalized spacial score (nSPS) is 28.1. The van der Waals surface area contributed by atoms with Crippen LogP contribution in [0.3, 0.4) is 0 Å². The molecule has 2 amide bonds. The predicted molar refractivity (Wildman–Crippen MR) is 132 cm³/mol. The van der Waals surface area contributed by atoms with Crippen molar-refractivity contribution in [3.05, 3.63) is 33.2 Å². The number of thiophene rings is 1. The summed E-state index contributed by atoms with van der Waals surface area (Å²) >= 11 is 7.93. The Kier molecular flexibility index (Phi) is 6.01. The minimum atomic E-state index is -0.229. The molecular formula is C23H31ClN6O2S. The zero-order valence-corrected chi connectivity index (χ0v) is 21.0. The molecule has 1 N–H and O–H groups in total. The number of nitrogens with zero attached hydrogens (tertiary/aromatic N) is 5. The Bertz CT molecular complexity index is 1030. The van der Waals surface area contributed by atoms with E-state index in [2.05, 4.69) is 40.3 Å². The van der Waals surface area contributed by atoms with Crippen LogP contribution in [-0.4, -0.2) is 73.4 Å². The van der Waals surface area contributed by atoms with Crippen LogP contribution in [0.25, 0.3) is 0 Å². The van der Waals surface area contributed by atoms with E-state index >= 15 is 0 Å². The lowest BCUT2D eigenvalue weighted by atomic mass is 9.71. The quantitative estimate of drug-likeness (QED) is 0.705. The first kappa shape index (κ1) is 22.8. The van der Waals surface area contributed by atoms with E-state index in [1.165, 1.54) is 4.88 Å². The predicted octanol–water partition coefficient (Wildman–Crippen LogP) is 3.64. The zero-order valence-electron chi connectivity index (χ0n) is 19.4. The fraction of sp³-hybridized carbons (Fsp3) is 0.609. The molecule has 1 spiro atoms. The second-order valence-electron chi connectivity index (χ2n) is 9.57. The number of morpholine rings is 1. The number of ether oxygens (including phenoxy) is 1. The van der Waals surface area contributed by atoms with Crippen molar-refractivity contribution >= 4 is 40.6 Å². The lowest BCUT2D eigenvalue weighted by Crippen LogP contribution is -2.53. The largest absolute Gasteiger partial charge is 0.378 e. The molecule has 1 saturated carbocycles. The first-order chi connectivity index (χ1) is 15.8. The van der Waals surface area contributed by atoms with Gasteiger partial charge in [0.15, 0.2) is 0 Å². The minimum absolute atomic E-state index is 0.0416. The Morgan fingerprint density at radius 2 is 1.91 bits per heavy atom. The Hall–Kier alpha value is -1.94. The SMILES string of the molecule is Cc1nc(N2CCOCC2)ncc1N1C[C@]2(CC[C@](c3ccc(Cl)s3)(N(C)C)CC2)NC1=O. The van der Waals surface area contributed by atoms with Gasteiger partial charge in [-0.05, 0) is 58.8 Å². The number of urea groups is 1. The van der Waals surface area contributed by atoms with Crippen LogP contribution < -0.4 is 15.1 Å². The van der Waals surface area contributed by atoms with Crippen molar-refractivity contribution in [3.63, 3.8) is 0 Å². The van der Waals surface area contributed by atoms with Gasteiger partial charge in [0.2, 0.25) is 5.95 Å². The highest BCUT2D eigenvalue weighted by Crippen LogP contribution is 2.48. The summed E-state index contributed by atoms with van der Waals surface area (Å²) in [6.45, 7) is 5.55. The second kappa shape index (κ2) is 8.69. The maximum absolute atomic E-state index is 13.1. The van der Waals surface area contributed by atoms with Crippen LogP contribution in [0, 0.1) is 6.92 Å². The fourth-order valence-electron chi connectivity index (χ4n) is 5.44. The van der Waals surface area contributed by atoms with Crippen LogP contribution in [0.1, 0.15) is 36.3 Å². The molecule has 0 radical (unpaired) electrons. The number of amides is 2. The molecule has 33 heavy (non-hydrogen) atoms. The van der Waals surface area contributed by atoms with E-state index < -0.39 is 0 Å². The standard InChI is InChI=1S/C23H31ClN6O2S/c1-16-17(14-25-20(26-16)29-10-12-32-13-11-29)30-15-22(27-21(30)31)6-8-23(9-7-22,28(2)3)18-4-5-19(24)33-18/h4-5,14H,6-13,15H2,1-3H3,(H,27,31)/t22-,23+. The zero-order chi connectivity index (χ0) is 23.2. The van der Waals surface area contributed by atoms with Crippen molar-refractivity contribution in [1.29, 1.82) is 0 Å². The van der Waals surface area contributed by atoms with Crippen molar-refractivity contribution in [1.82, 2.24) is 20.2 Å². The number of hydrogen-bond donors (Lipinski definition) is 1. The van der Waals surface area contributed by atoms with E-state index in [1.54, 1.807) is 17.5 Å². The fourth-order valence-corrected chi connectivity index (χ4v) is 6.81. The number of carbonyl (C=O) groups is 1. The summed E-state index contributed by atoms with van der Waals surface area (Å²) in [6, 6.07) is 4.08. The Balaban J connectivity index is 1.33. The molecule has 0 bridgehead atoms. The van der Waals surface area contributed by atoms with E-state index in [9.17, 15) is 4.79 Å². The summed E-state index contributed by atoms with van der Waals surface area (Å²) in [4.78, 5) is 29.9. The first-order valence-electron chi connectivity index (χ1n) is 11.5. The van der Waals surface area contributed by atoms with Gasteiger partial charge in [-0.3, -0.25) is 9.80 Å². The molecule has 2 saturated heterocycles. The maximum atomic E-state index is 13.1. The van der Waals surface area contributed by atoms with E-state index in [0.717, 1.165) is 54.5 Å². The minimum Gasteiger partial charge on any atom is -0.378 e. The third-order valence-corrected chi connectivity index (χ3v) is 8.95. The molecular weight excluding hydrogens is 460 g/mol. The van der Waals surface area contributed by atoms with Gasteiger partial charge in [-0.2, -0.15) is 0 Å². The average Bonchev–Trinajstić information content (AvgIpc) is 3.38. The lowest BCUT2D eigenvalue weighted by molar-refractivity contribution is 0.0689. The molecule has 1 aliphatic carbocycles. The van der Waals surface area contributed by atoms with Crippen molar-refractivity contribution in [3.8, 4) is 0 Å². The van der Waals surface area contributed by atoms with Crippen molar-refractivity contribution in [2.75, 3.05) is 56.7 Å². The summed E-state index contributed by atoms with van der Waals surface area (Å²) in [5.41, 5.74) is 1.34. The first-order valence-corrected chi connectivity index (χ1v) is 12.7.